The Bertz CT molecular complexity index is 2740. The molecule has 10 rings (SSSR count). The number of rotatable bonds is 6. The van der Waals surface area contributed by atoms with Gasteiger partial charge in [0, 0.05) is 16.7 Å². The molecule has 53 heavy (non-hydrogen) atoms. The zero-order valence-corrected chi connectivity index (χ0v) is 28.9. The topological polar surface area (TPSA) is 38.7 Å². The molecule has 1 aliphatic rings. The summed E-state index contributed by atoms with van der Waals surface area (Å²) in [5.74, 6) is 1.93. The van der Waals surface area contributed by atoms with Crippen LogP contribution in [0.25, 0.3) is 67.2 Å². The van der Waals surface area contributed by atoms with Gasteiger partial charge in [-0.2, -0.15) is 0 Å². The maximum absolute atomic E-state index is 5.09. The molecule has 0 spiro atoms. The van der Waals surface area contributed by atoms with Crippen LogP contribution in [0, 0.1) is 0 Å². The first-order valence-electron chi connectivity index (χ1n) is 18.0. The Morgan fingerprint density at radius 3 is 1.42 bits per heavy atom. The van der Waals surface area contributed by atoms with Gasteiger partial charge < -0.3 is 0 Å². The monoisotopic (exact) mass is 675 g/mol. The van der Waals surface area contributed by atoms with Crippen LogP contribution >= 0.6 is 0 Å². The van der Waals surface area contributed by atoms with Crippen molar-refractivity contribution in [1.82, 2.24) is 15.0 Å². The normalized spacial score (nSPS) is 14.5. The van der Waals surface area contributed by atoms with Crippen LogP contribution in [0.15, 0.2) is 200 Å². The number of benzene rings is 8. The summed E-state index contributed by atoms with van der Waals surface area (Å²) in [4.78, 5) is 15.1. The quantitative estimate of drug-likeness (QED) is 0.176. The molecule has 0 N–H and O–H groups in total. The second-order valence-corrected chi connectivity index (χ2v) is 13.6. The van der Waals surface area contributed by atoms with E-state index in [2.05, 4.69) is 164 Å². The Kier molecular flexibility index (Phi) is 7.36. The molecule has 3 heteroatoms. The van der Waals surface area contributed by atoms with Gasteiger partial charge >= 0.3 is 0 Å². The van der Waals surface area contributed by atoms with Crippen molar-refractivity contribution >= 4 is 10.8 Å². The molecule has 0 saturated heterocycles. The third-order valence-corrected chi connectivity index (χ3v) is 10.6. The van der Waals surface area contributed by atoms with Crippen LogP contribution in [-0.4, -0.2) is 15.0 Å². The molecule has 0 amide bonds. The van der Waals surface area contributed by atoms with Gasteiger partial charge in [0.25, 0.3) is 0 Å². The highest BCUT2D eigenvalue weighted by Gasteiger charge is 2.46. The summed E-state index contributed by atoms with van der Waals surface area (Å²) in [6.45, 7) is 0. The van der Waals surface area contributed by atoms with Crippen molar-refractivity contribution < 1.29 is 0 Å². The molecule has 1 aliphatic carbocycles. The average molecular weight is 676 g/mol. The molecule has 0 bridgehead atoms. The minimum absolute atomic E-state index is 0.504. The van der Waals surface area contributed by atoms with Crippen LogP contribution < -0.4 is 0 Å². The highest BCUT2D eigenvalue weighted by molar-refractivity contribution is 6.04. The van der Waals surface area contributed by atoms with E-state index in [-0.39, 0.29) is 0 Å². The van der Waals surface area contributed by atoms with E-state index in [0.717, 1.165) is 22.3 Å². The second kappa shape index (κ2) is 12.7. The van der Waals surface area contributed by atoms with Crippen molar-refractivity contribution in [1.29, 1.82) is 0 Å². The van der Waals surface area contributed by atoms with Crippen molar-refractivity contribution in [2.45, 2.75) is 5.41 Å². The number of hydrogen-bond donors (Lipinski definition) is 0. The second-order valence-electron chi connectivity index (χ2n) is 13.6. The van der Waals surface area contributed by atoms with E-state index >= 15 is 0 Å². The zero-order chi connectivity index (χ0) is 35.2. The van der Waals surface area contributed by atoms with Crippen LogP contribution in [-0.2, 0) is 5.41 Å². The fraction of sp³-hybridized carbons (Fsp3) is 0.0200. The molecule has 8 aromatic carbocycles. The Hall–Kier alpha value is -6.97. The van der Waals surface area contributed by atoms with E-state index in [1.54, 1.807) is 0 Å². The Morgan fingerprint density at radius 2 is 0.755 bits per heavy atom. The van der Waals surface area contributed by atoms with E-state index in [9.17, 15) is 0 Å². The van der Waals surface area contributed by atoms with Crippen molar-refractivity contribution in [3.05, 3.63) is 222 Å². The minimum atomic E-state index is -0.504. The molecule has 1 heterocycles. The lowest BCUT2D eigenvalue weighted by atomic mass is 9.67. The summed E-state index contributed by atoms with van der Waals surface area (Å²) in [5.41, 5.74) is 12.2. The predicted molar refractivity (Wildman–Crippen MR) is 216 cm³/mol. The largest absolute Gasteiger partial charge is 0.208 e. The summed E-state index contributed by atoms with van der Waals surface area (Å²) in [6, 6.07) is 71.1. The standard InChI is InChI=1S/C50H33N3/c1-4-14-34(15-5-1)35-24-26-38(27-25-35)48-51-47(37-17-6-2-7-18-37)52-49(53-48)39-28-31-41(32-29-39)50(40-19-8-3-9-20-40)44-23-13-12-22-43(44)46-42-21-11-10-16-36(42)30-33-45(46)50/h1-33H. The summed E-state index contributed by atoms with van der Waals surface area (Å²) < 4.78 is 0. The lowest BCUT2D eigenvalue weighted by Crippen LogP contribution is -2.28. The van der Waals surface area contributed by atoms with E-state index < -0.39 is 5.41 Å². The summed E-state index contributed by atoms with van der Waals surface area (Å²) in [5, 5.41) is 2.52. The third-order valence-electron chi connectivity index (χ3n) is 10.6. The van der Waals surface area contributed by atoms with Gasteiger partial charge in [-0.05, 0) is 55.3 Å². The Morgan fingerprint density at radius 1 is 0.302 bits per heavy atom. The van der Waals surface area contributed by atoms with Gasteiger partial charge in [0.2, 0.25) is 0 Å². The number of aromatic nitrogens is 3. The van der Waals surface area contributed by atoms with Gasteiger partial charge in [0.05, 0.1) is 5.41 Å². The molecule has 0 aliphatic heterocycles. The first-order chi connectivity index (χ1) is 26.3. The highest BCUT2D eigenvalue weighted by Crippen LogP contribution is 2.57. The Labute approximate surface area is 309 Å². The van der Waals surface area contributed by atoms with Gasteiger partial charge in [-0.15, -0.1) is 0 Å². The number of nitrogens with zero attached hydrogens (tertiary/aromatic N) is 3. The molecule has 0 fully saturated rings. The van der Waals surface area contributed by atoms with Crippen LogP contribution in [0.2, 0.25) is 0 Å². The number of fused-ring (bicyclic) bond motifs is 5. The molecular weight excluding hydrogens is 643 g/mol. The first kappa shape index (κ1) is 30.8. The van der Waals surface area contributed by atoms with Gasteiger partial charge in [-0.1, -0.05) is 200 Å². The summed E-state index contributed by atoms with van der Waals surface area (Å²) in [7, 11) is 0. The molecule has 1 unspecified atom stereocenters. The average Bonchev–Trinajstić information content (AvgIpc) is 3.56. The van der Waals surface area contributed by atoms with Crippen LogP contribution in [0.1, 0.15) is 22.3 Å². The lowest BCUT2D eigenvalue weighted by molar-refractivity contribution is 0.769. The van der Waals surface area contributed by atoms with Crippen molar-refractivity contribution in [3.63, 3.8) is 0 Å². The van der Waals surface area contributed by atoms with Gasteiger partial charge in [-0.25, -0.2) is 15.0 Å². The van der Waals surface area contributed by atoms with Crippen molar-refractivity contribution in [2.75, 3.05) is 0 Å². The maximum atomic E-state index is 5.09. The molecule has 1 atom stereocenters. The molecule has 9 aromatic rings. The van der Waals surface area contributed by atoms with E-state index in [1.165, 1.54) is 49.7 Å². The predicted octanol–water partition coefficient (Wildman–Crippen LogP) is 12.1. The number of hydrogen-bond acceptors (Lipinski definition) is 3. The minimum Gasteiger partial charge on any atom is -0.208 e. The van der Waals surface area contributed by atoms with Crippen LogP contribution in [0.5, 0.6) is 0 Å². The van der Waals surface area contributed by atoms with Gasteiger partial charge in [-0.3, -0.25) is 0 Å². The van der Waals surface area contributed by atoms with Crippen molar-refractivity contribution in [2.24, 2.45) is 0 Å². The SMILES string of the molecule is c1ccc(-c2ccc(-c3nc(-c4ccccc4)nc(-c4ccc(C5(c6ccccc6)c6ccccc6-c6c5ccc5ccccc65)cc4)n3)cc2)cc1. The van der Waals surface area contributed by atoms with E-state index in [1.807, 2.05) is 36.4 Å². The molecule has 0 radical (unpaired) electrons. The van der Waals surface area contributed by atoms with Crippen LogP contribution in [0.3, 0.4) is 0 Å². The molecule has 0 saturated carbocycles. The molecular formula is C50H33N3. The smallest absolute Gasteiger partial charge is 0.164 e. The highest BCUT2D eigenvalue weighted by atomic mass is 15.0. The van der Waals surface area contributed by atoms with Crippen LogP contribution in [0.4, 0.5) is 0 Å². The zero-order valence-electron chi connectivity index (χ0n) is 28.9. The Balaban J connectivity index is 1.13. The first-order valence-corrected chi connectivity index (χ1v) is 18.0. The fourth-order valence-corrected chi connectivity index (χ4v) is 8.19. The lowest BCUT2D eigenvalue weighted by Gasteiger charge is -2.34. The van der Waals surface area contributed by atoms with Gasteiger partial charge in [0.15, 0.2) is 17.5 Å². The summed E-state index contributed by atoms with van der Waals surface area (Å²) >= 11 is 0. The van der Waals surface area contributed by atoms with E-state index in [4.69, 9.17) is 15.0 Å². The molecule has 1 aromatic heterocycles. The molecule has 3 nitrogen and oxygen atoms in total. The molecule has 248 valence electrons. The fourth-order valence-electron chi connectivity index (χ4n) is 8.19. The van der Waals surface area contributed by atoms with E-state index in [0.29, 0.717) is 17.5 Å². The summed E-state index contributed by atoms with van der Waals surface area (Å²) in [6.07, 6.45) is 0. The van der Waals surface area contributed by atoms with Crippen molar-refractivity contribution in [3.8, 4) is 56.4 Å². The maximum Gasteiger partial charge on any atom is 0.164 e. The van der Waals surface area contributed by atoms with Gasteiger partial charge in [0.1, 0.15) is 0 Å². The third kappa shape index (κ3) is 5.09.